The zero-order valence-electron chi connectivity index (χ0n) is 15.8. The number of hydrogen-bond donors (Lipinski definition) is 0. The van der Waals surface area contributed by atoms with E-state index in [9.17, 15) is 9.59 Å². The molecule has 6 rings (SSSR count). The predicted molar refractivity (Wildman–Crippen MR) is 114 cm³/mol. The first-order chi connectivity index (χ1) is 15.0. The number of benzene rings is 3. The number of carbonyl (C=O) groups excluding carboxylic acids is 2. The molecular formula is C24H12Cl2O5. The van der Waals surface area contributed by atoms with Crippen LogP contribution in [0.15, 0.2) is 65.9 Å². The Morgan fingerprint density at radius 1 is 0.774 bits per heavy atom. The Morgan fingerprint density at radius 2 is 1.48 bits per heavy atom. The Bertz CT molecular complexity index is 1360. The van der Waals surface area contributed by atoms with Crippen molar-refractivity contribution in [2.24, 2.45) is 0 Å². The number of ether oxygens (including phenoxy) is 3. The lowest BCUT2D eigenvalue weighted by atomic mass is 9.75. The molecule has 0 saturated carbocycles. The highest BCUT2D eigenvalue weighted by Crippen LogP contribution is 2.51. The Hall–Kier alpha value is -3.28. The highest BCUT2D eigenvalue weighted by Gasteiger charge is 2.43. The van der Waals surface area contributed by atoms with Crippen LogP contribution < -0.4 is 14.2 Å². The summed E-state index contributed by atoms with van der Waals surface area (Å²) in [6, 6.07) is 15.4. The van der Waals surface area contributed by atoms with Crippen molar-refractivity contribution in [3.8, 4) is 17.2 Å². The molecule has 2 heterocycles. The highest BCUT2D eigenvalue weighted by atomic mass is 35.5. The molecule has 152 valence electrons. The summed E-state index contributed by atoms with van der Waals surface area (Å²) in [6.45, 7) is 0.0894. The first kappa shape index (κ1) is 18.5. The summed E-state index contributed by atoms with van der Waals surface area (Å²) in [7, 11) is 0. The number of hydrogen-bond acceptors (Lipinski definition) is 5. The van der Waals surface area contributed by atoms with Crippen LogP contribution in [0.1, 0.15) is 37.8 Å². The van der Waals surface area contributed by atoms with Crippen molar-refractivity contribution in [1.82, 2.24) is 0 Å². The molecule has 0 aromatic heterocycles. The van der Waals surface area contributed by atoms with Crippen LogP contribution in [0.2, 0.25) is 10.0 Å². The van der Waals surface area contributed by atoms with E-state index >= 15 is 0 Å². The predicted octanol–water partition coefficient (Wildman–Crippen LogP) is 5.58. The first-order valence-electron chi connectivity index (χ1n) is 9.52. The Labute approximate surface area is 186 Å². The van der Waals surface area contributed by atoms with Gasteiger partial charge in [-0.2, -0.15) is 0 Å². The molecule has 3 aromatic rings. The van der Waals surface area contributed by atoms with E-state index < -0.39 is 5.92 Å². The lowest BCUT2D eigenvalue weighted by Gasteiger charge is -2.32. The van der Waals surface area contributed by atoms with Gasteiger partial charge in [0.15, 0.2) is 23.0 Å². The maximum Gasteiger partial charge on any atom is 0.231 e. The molecule has 0 radical (unpaired) electrons. The van der Waals surface area contributed by atoms with E-state index in [4.69, 9.17) is 37.4 Å². The van der Waals surface area contributed by atoms with E-state index in [0.717, 1.165) is 0 Å². The minimum absolute atomic E-state index is 0.0196. The smallest absolute Gasteiger partial charge is 0.231 e. The molecule has 0 spiro atoms. The minimum Gasteiger partial charge on any atom is -0.454 e. The zero-order chi connectivity index (χ0) is 21.3. The monoisotopic (exact) mass is 450 g/mol. The van der Waals surface area contributed by atoms with Gasteiger partial charge in [-0.3, -0.25) is 9.59 Å². The van der Waals surface area contributed by atoms with Crippen molar-refractivity contribution >= 4 is 34.8 Å². The minimum atomic E-state index is -0.590. The summed E-state index contributed by atoms with van der Waals surface area (Å²) in [5.41, 5.74) is 2.34. The summed E-state index contributed by atoms with van der Waals surface area (Å²) in [5, 5.41) is 0.749. The van der Waals surface area contributed by atoms with Gasteiger partial charge in [-0.05, 0) is 23.8 Å². The fraction of sp³-hybridized carbons (Fsp3) is 0.0833. The molecule has 1 atom stereocenters. The van der Waals surface area contributed by atoms with E-state index in [2.05, 4.69) is 0 Å². The molecule has 1 unspecified atom stereocenters. The molecule has 2 aliphatic heterocycles. The third-order valence-corrected chi connectivity index (χ3v) is 6.44. The highest BCUT2D eigenvalue weighted by molar-refractivity contribution is 6.42. The summed E-state index contributed by atoms with van der Waals surface area (Å²) < 4.78 is 17.0. The SMILES string of the molecule is O=C1C2=C(C(=O)c3ccccc31)C(c1ccc(Cl)c(Cl)c1)c1cc3c(cc1O2)OCO3. The molecule has 0 amide bonds. The standard InChI is InChI=1S/C24H12Cl2O5/c25-15-6-5-11(7-16(15)26)20-14-8-18-19(30-10-29-18)9-17(14)31-24-21(20)22(27)12-3-1-2-4-13(12)23(24)28/h1-9,20H,10H2. The van der Waals surface area contributed by atoms with Crippen molar-refractivity contribution in [2.75, 3.05) is 6.79 Å². The fourth-order valence-electron chi connectivity index (χ4n) is 4.29. The normalized spacial score (nSPS) is 18.3. The summed E-state index contributed by atoms with van der Waals surface area (Å²) in [6.07, 6.45) is 0. The summed E-state index contributed by atoms with van der Waals surface area (Å²) in [4.78, 5) is 26.9. The molecule has 5 nitrogen and oxygen atoms in total. The number of halogens is 2. The number of fused-ring (bicyclic) bond motifs is 3. The van der Waals surface area contributed by atoms with E-state index in [1.54, 1.807) is 54.6 Å². The molecule has 0 saturated heterocycles. The Balaban J connectivity index is 1.63. The van der Waals surface area contributed by atoms with Gasteiger partial charge >= 0.3 is 0 Å². The molecule has 3 aliphatic rings. The van der Waals surface area contributed by atoms with Gasteiger partial charge in [0.2, 0.25) is 12.6 Å². The quantitative estimate of drug-likeness (QED) is 0.484. The molecule has 0 bridgehead atoms. The Morgan fingerprint density at radius 3 is 2.23 bits per heavy atom. The second-order valence-electron chi connectivity index (χ2n) is 7.40. The van der Waals surface area contributed by atoms with E-state index in [0.29, 0.717) is 49.5 Å². The van der Waals surface area contributed by atoms with Crippen LogP contribution in [0, 0.1) is 0 Å². The molecule has 1 aliphatic carbocycles. The van der Waals surface area contributed by atoms with E-state index in [-0.39, 0.29) is 29.7 Å². The largest absolute Gasteiger partial charge is 0.454 e. The second kappa shape index (κ2) is 6.61. The summed E-state index contributed by atoms with van der Waals surface area (Å²) >= 11 is 12.4. The van der Waals surface area contributed by atoms with Gasteiger partial charge < -0.3 is 14.2 Å². The molecule has 0 fully saturated rings. The molecule has 31 heavy (non-hydrogen) atoms. The van der Waals surface area contributed by atoms with Gasteiger partial charge in [-0.15, -0.1) is 0 Å². The van der Waals surface area contributed by atoms with Crippen LogP contribution in [0.3, 0.4) is 0 Å². The Kier molecular flexibility index (Phi) is 3.94. The van der Waals surface area contributed by atoms with Crippen molar-refractivity contribution < 1.29 is 23.8 Å². The van der Waals surface area contributed by atoms with Crippen LogP contribution in [0.5, 0.6) is 17.2 Å². The third-order valence-electron chi connectivity index (χ3n) is 5.71. The van der Waals surface area contributed by atoms with Crippen molar-refractivity contribution in [3.63, 3.8) is 0 Å². The third kappa shape index (κ3) is 2.63. The lowest BCUT2D eigenvalue weighted by Crippen LogP contribution is -2.31. The van der Waals surface area contributed by atoms with Crippen molar-refractivity contribution in [1.29, 1.82) is 0 Å². The van der Waals surface area contributed by atoms with Crippen LogP contribution >= 0.6 is 23.2 Å². The number of ketones is 2. The molecule has 3 aromatic carbocycles. The number of allylic oxidation sites excluding steroid dienone is 2. The van der Waals surface area contributed by atoms with Crippen LogP contribution in [-0.4, -0.2) is 18.4 Å². The topological polar surface area (TPSA) is 61.8 Å². The number of Topliss-reactive ketones (excluding diaryl/α,β-unsaturated/α-hetero) is 2. The van der Waals surface area contributed by atoms with Gasteiger partial charge in [0, 0.05) is 28.7 Å². The fourth-order valence-corrected chi connectivity index (χ4v) is 4.60. The maximum absolute atomic E-state index is 13.6. The zero-order valence-corrected chi connectivity index (χ0v) is 17.3. The van der Waals surface area contributed by atoms with Crippen LogP contribution in [-0.2, 0) is 0 Å². The lowest BCUT2D eigenvalue weighted by molar-refractivity contribution is 0.0927. The van der Waals surface area contributed by atoms with Gasteiger partial charge in [-0.25, -0.2) is 0 Å². The van der Waals surface area contributed by atoms with E-state index in [1.165, 1.54) is 0 Å². The average molecular weight is 451 g/mol. The molecular weight excluding hydrogens is 439 g/mol. The van der Waals surface area contributed by atoms with Gasteiger partial charge in [-0.1, -0.05) is 53.5 Å². The van der Waals surface area contributed by atoms with Crippen molar-refractivity contribution in [2.45, 2.75) is 5.92 Å². The van der Waals surface area contributed by atoms with Crippen molar-refractivity contribution in [3.05, 3.63) is 98.2 Å². The number of rotatable bonds is 1. The van der Waals surface area contributed by atoms with Gasteiger partial charge in [0.1, 0.15) is 5.75 Å². The maximum atomic E-state index is 13.6. The van der Waals surface area contributed by atoms with Crippen LogP contribution in [0.25, 0.3) is 0 Å². The molecule has 7 heteroatoms. The van der Waals surface area contributed by atoms with Gasteiger partial charge in [0.25, 0.3) is 0 Å². The first-order valence-corrected chi connectivity index (χ1v) is 10.3. The van der Waals surface area contributed by atoms with E-state index in [1.807, 2.05) is 0 Å². The van der Waals surface area contributed by atoms with Gasteiger partial charge in [0.05, 0.1) is 15.6 Å². The summed E-state index contributed by atoms with van der Waals surface area (Å²) in [5.74, 6) is 0.332. The average Bonchev–Trinajstić information content (AvgIpc) is 3.24. The molecule has 0 N–H and O–H groups in total. The van der Waals surface area contributed by atoms with Crippen LogP contribution in [0.4, 0.5) is 0 Å². The number of carbonyl (C=O) groups is 2. The second-order valence-corrected chi connectivity index (χ2v) is 8.21.